The summed E-state index contributed by atoms with van der Waals surface area (Å²) < 4.78 is 12.6. The lowest BCUT2D eigenvalue weighted by Gasteiger charge is -2.08. The van der Waals surface area contributed by atoms with Crippen LogP contribution >= 0.6 is 11.6 Å². The maximum absolute atomic E-state index is 12.6. The summed E-state index contributed by atoms with van der Waals surface area (Å²) in [6.45, 7) is 2.16. The predicted octanol–water partition coefficient (Wildman–Crippen LogP) is 2.32. The minimum Gasteiger partial charge on any atom is -0.352 e. The van der Waals surface area contributed by atoms with Gasteiger partial charge in [0.05, 0.1) is 0 Å². The number of carbonyl (C=O) groups is 1. The molecule has 1 N–H and O–H groups in total. The summed E-state index contributed by atoms with van der Waals surface area (Å²) in [4.78, 5) is 11.3. The van der Waals surface area contributed by atoms with Gasteiger partial charge in [-0.1, -0.05) is 19.1 Å². The molecule has 1 rings (SSSR count). The predicted molar refractivity (Wildman–Crippen MR) is 58.1 cm³/mol. The third-order valence-electron chi connectivity index (χ3n) is 2.06. The van der Waals surface area contributed by atoms with Crippen LogP contribution in [0.25, 0.3) is 0 Å². The van der Waals surface area contributed by atoms with Crippen LogP contribution in [0, 0.1) is 11.7 Å². The molecule has 1 aromatic carbocycles. The first kappa shape index (κ1) is 12.0. The summed E-state index contributed by atoms with van der Waals surface area (Å²) >= 11 is 5.54. The Kier molecular flexibility index (Phi) is 4.56. The van der Waals surface area contributed by atoms with Crippen LogP contribution in [0.2, 0.25) is 0 Å². The van der Waals surface area contributed by atoms with Crippen LogP contribution < -0.4 is 5.32 Å². The standard InChI is InChI=1S/C11H13ClFNO/c1-8(6-12)11(15)14-7-9-2-4-10(13)5-3-9/h2-5,8H,6-7H2,1H3,(H,14,15). The number of hydrogen-bond donors (Lipinski definition) is 1. The summed E-state index contributed by atoms with van der Waals surface area (Å²) in [5.41, 5.74) is 0.867. The van der Waals surface area contributed by atoms with E-state index in [2.05, 4.69) is 5.32 Å². The van der Waals surface area contributed by atoms with E-state index in [9.17, 15) is 9.18 Å². The van der Waals surface area contributed by atoms with E-state index in [4.69, 9.17) is 11.6 Å². The second-order valence-corrected chi connectivity index (χ2v) is 3.71. The van der Waals surface area contributed by atoms with Crippen molar-refractivity contribution >= 4 is 17.5 Å². The van der Waals surface area contributed by atoms with Crippen LogP contribution in [0.3, 0.4) is 0 Å². The van der Waals surface area contributed by atoms with Crippen molar-refractivity contribution in [3.8, 4) is 0 Å². The lowest BCUT2D eigenvalue weighted by molar-refractivity contribution is -0.124. The highest BCUT2D eigenvalue weighted by molar-refractivity contribution is 6.19. The Hall–Kier alpha value is -1.09. The molecule has 82 valence electrons. The van der Waals surface area contributed by atoms with Gasteiger partial charge in [-0.15, -0.1) is 11.6 Å². The van der Waals surface area contributed by atoms with Crippen LogP contribution in [0.1, 0.15) is 12.5 Å². The van der Waals surface area contributed by atoms with Gasteiger partial charge in [0.1, 0.15) is 5.82 Å². The van der Waals surface area contributed by atoms with Gasteiger partial charge in [-0.05, 0) is 17.7 Å². The summed E-state index contributed by atoms with van der Waals surface area (Å²) in [6, 6.07) is 6.01. The number of carbonyl (C=O) groups excluding carboxylic acids is 1. The van der Waals surface area contributed by atoms with E-state index < -0.39 is 0 Å². The molecule has 0 spiro atoms. The zero-order valence-electron chi connectivity index (χ0n) is 8.47. The number of hydrogen-bond acceptors (Lipinski definition) is 1. The minimum atomic E-state index is -0.279. The van der Waals surface area contributed by atoms with E-state index in [1.54, 1.807) is 19.1 Å². The van der Waals surface area contributed by atoms with E-state index in [0.717, 1.165) is 5.56 Å². The molecular formula is C11H13ClFNO. The Bertz CT molecular complexity index is 326. The fourth-order valence-corrected chi connectivity index (χ4v) is 1.18. The highest BCUT2D eigenvalue weighted by atomic mass is 35.5. The zero-order valence-corrected chi connectivity index (χ0v) is 9.22. The Morgan fingerprint density at radius 2 is 2.07 bits per heavy atom. The first-order valence-electron chi connectivity index (χ1n) is 4.71. The van der Waals surface area contributed by atoms with Crippen LogP contribution in [0.5, 0.6) is 0 Å². The first-order chi connectivity index (χ1) is 7.13. The molecule has 2 nitrogen and oxygen atoms in total. The molecule has 0 aromatic heterocycles. The molecule has 0 saturated carbocycles. The lowest BCUT2D eigenvalue weighted by atomic mass is 10.2. The number of alkyl halides is 1. The molecule has 1 amide bonds. The molecule has 0 aliphatic rings. The average molecular weight is 230 g/mol. The molecule has 4 heteroatoms. The van der Waals surface area contributed by atoms with Crippen molar-refractivity contribution in [3.63, 3.8) is 0 Å². The third-order valence-corrected chi connectivity index (χ3v) is 2.52. The van der Waals surface area contributed by atoms with Crippen LogP contribution in [0.4, 0.5) is 4.39 Å². The molecule has 0 radical (unpaired) electrons. The summed E-state index contributed by atoms with van der Waals surface area (Å²) in [5.74, 6) is -0.268. The fourth-order valence-electron chi connectivity index (χ4n) is 1.04. The van der Waals surface area contributed by atoms with Gasteiger partial charge in [0.15, 0.2) is 0 Å². The SMILES string of the molecule is CC(CCl)C(=O)NCc1ccc(F)cc1. The quantitative estimate of drug-likeness (QED) is 0.789. The van der Waals surface area contributed by atoms with Gasteiger partial charge in [0.25, 0.3) is 0 Å². The fraction of sp³-hybridized carbons (Fsp3) is 0.364. The summed E-state index contributed by atoms with van der Waals surface area (Å²) in [5, 5.41) is 2.72. The Morgan fingerprint density at radius 3 is 2.60 bits per heavy atom. The number of benzene rings is 1. The lowest BCUT2D eigenvalue weighted by Crippen LogP contribution is -2.29. The van der Waals surface area contributed by atoms with Gasteiger partial charge in [0, 0.05) is 18.3 Å². The smallest absolute Gasteiger partial charge is 0.224 e. The van der Waals surface area contributed by atoms with E-state index in [0.29, 0.717) is 12.4 Å². The summed E-state index contributed by atoms with van der Waals surface area (Å²) in [6.07, 6.45) is 0. The van der Waals surface area contributed by atoms with E-state index in [1.165, 1.54) is 12.1 Å². The molecule has 0 heterocycles. The molecule has 1 unspecified atom stereocenters. The molecule has 1 atom stereocenters. The topological polar surface area (TPSA) is 29.1 Å². The van der Waals surface area contributed by atoms with Crippen molar-refractivity contribution in [3.05, 3.63) is 35.6 Å². The highest BCUT2D eigenvalue weighted by Gasteiger charge is 2.10. The molecular weight excluding hydrogens is 217 g/mol. The maximum atomic E-state index is 12.6. The molecule has 1 aromatic rings. The number of halogens is 2. The van der Waals surface area contributed by atoms with Crippen LogP contribution in [-0.4, -0.2) is 11.8 Å². The Balaban J connectivity index is 2.43. The average Bonchev–Trinajstić information content (AvgIpc) is 2.26. The van der Waals surface area contributed by atoms with Crippen molar-refractivity contribution < 1.29 is 9.18 Å². The number of nitrogens with one attached hydrogen (secondary N) is 1. The Labute approximate surface area is 93.4 Å². The van der Waals surface area contributed by atoms with Crippen molar-refractivity contribution in [2.45, 2.75) is 13.5 Å². The second kappa shape index (κ2) is 5.71. The van der Waals surface area contributed by atoms with Gasteiger partial charge >= 0.3 is 0 Å². The Morgan fingerprint density at radius 1 is 1.47 bits per heavy atom. The first-order valence-corrected chi connectivity index (χ1v) is 5.25. The summed E-state index contributed by atoms with van der Waals surface area (Å²) in [7, 11) is 0. The van der Waals surface area contributed by atoms with E-state index in [1.807, 2.05) is 0 Å². The van der Waals surface area contributed by atoms with Gasteiger partial charge in [-0.25, -0.2) is 4.39 Å². The molecule has 0 saturated heterocycles. The normalized spacial score (nSPS) is 12.2. The molecule has 0 aliphatic carbocycles. The van der Waals surface area contributed by atoms with Crippen molar-refractivity contribution in [1.29, 1.82) is 0 Å². The molecule has 0 aliphatic heterocycles. The highest BCUT2D eigenvalue weighted by Crippen LogP contribution is 2.03. The number of rotatable bonds is 4. The van der Waals surface area contributed by atoms with Gasteiger partial charge in [0.2, 0.25) is 5.91 Å². The van der Waals surface area contributed by atoms with E-state index in [-0.39, 0.29) is 17.6 Å². The maximum Gasteiger partial charge on any atom is 0.224 e. The molecule has 0 fully saturated rings. The third kappa shape index (κ3) is 3.88. The van der Waals surface area contributed by atoms with Crippen molar-refractivity contribution in [2.24, 2.45) is 5.92 Å². The van der Waals surface area contributed by atoms with Crippen molar-refractivity contribution in [1.82, 2.24) is 5.32 Å². The van der Waals surface area contributed by atoms with E-state index >= 15 is 0 Å². The zero-order chi connectivity index (χ0) is 11.3. The number of amides is 1. The molecule has 0 bridgehead atoms. The van der Waals surface area contributed by atoms with Crippen LogP contribution in [0.15, 0.2) is 24.3 Å². The minimum absolute atomic E-state index is 0.0886. The largest absolute Gasteiger partial charge is 0.352 e. The molecule has 15 heavy (non-hydrogen) atoms. The van der Waals surface area contributed by atoms with Gasteiger partial charge in [-0.2, -0.15) is 0 Å². The monoisotopic (exact) mass is 229 g/mol. The van der Waals surface area contributed by atoms with Gasteiger partial charge in [-0.3, -0.25) is 4.79 Å². The van der Waals surface area contributed by atoms with Crippen molar-refractivity contribution in [2.75, 3.05) is 5.88 Å². The van der Waals surface area contributed by atoms with Gasteiger partial charge < -0.3 is 5.32 Å². The van der Waals surface area contributed by atoms with Crippen LogP contribution in [-0.2, 0) is 11.3 Å². The second-order valence-electron chi connectivity index (χ2n) is 3.40.